The average molecular weight is 428 g/mol. The first kappa shape index (κ1) is 21.9. The highest BCUT2D eigenvalue weighted by Gasteiger charge is 2.38. The van der Waals surface area contributed by atoms with Crippen LogP contribution in [0.15, 0.2) is 42.5 Å². The lowest BCUT2D eigenvalue weighted by Crippen LogP contribution is -2.45. The first-order valence-corrected chi connectivity index (χ1v) is 9.55. The summed E-state index contributed by atoms with van der Waals surface area (Å²) in [5.41, 5.74) is 1.82. The second kappa shape index (κ2) is 9.84. The third kappa shape index (κ3) is 5.25. The van der Waals surface area contributed by atoms with Gasteiger partial charge in [-0.2, -0.15) is 0 Å². The zero-order valence-electron chi connectivity index (χ0n) is 17.5. The Kier molecular flexibility index (Phi) is 6.96. The quantitative estimate of drug-likeness (QED) is 0.643. The minimum absolute atomic E-state index is 0.0528. The van der Waals surface area contributed by atoms with Gasteiger partial charge in [0.15, 0.2) is 0 Å². The van der Waals surface area contributed by atoms with Crippen molar-refractivity contribution in [3.8, 4) is 11.5 Å². The van der Waals surface area contributed by atoms with Crippen LogP contribution in [0.3, 0.4) is 0 Å². The van der Waals surface area contributed by atoms with Gasteiger partial charge in [-0.15, -0.1) is 0 Å². The third-order valence-electron chi connectivity index (χ3n) is 4.86. The Bertz CT molecular complexity index is 954. The molecule has 3 rings (SSSR count). The average Bonchev–Trinajstić information content (AvgIpc) is 3.16. The zero-order chi connectivity index (χ0) is 22.4. The molecular formula is C22H24N2O7. The van der Waals surface area contributed by atoms with E-state index >= 15 is 0 Å². The molecule has 2 aromatic rings. The Morgan fingerprint density at radius 1 is 1.06 bits per heavy atom. The van der Waals surface area contributed by atoms with Crippen molar-refractivity contribution in [3.63, 3.8) is 0 Å². The number of nitrogens with one attached hydrogen (secondary N) is 1. The number of amides is 2. The number of carbonyl (C=O) groups is 3. The normalized spacial score (nSPS) is 15.3. The van der Waals surface area contributed by atoms with Crippen LogP contribution in [0.4, 0.5) is 4.79 Å². The molecule has 9 heteroatoms. The summed E-state index contributed by atoms with van der Waals surface area (Å²) in [4.78, 5) is 38.1. The maximum atomic E-state index is 12.8. The fourth-order valence-electron chi connectivity index (χ4n) is 3.23. The number of hydrogen-bond donors (Lipinski definition) is 1. The number of cyclic esters (lactones) is 1. The molecule has 1 saturated heterocycles. The summed E-state index contributed by atoms with van der Waals surface area (Å²) < 4.78 is 20.3. The van der Waals surface area contributed by atoms with Crippen LogP contribution in [0.25, 0.3) is 0 Å². The van der Waals surface area contributed by atoms with E-state index in [9.17, 15) is 14.4 Å². The molecule has 1 heterocycles. The molecule has 0 aromatic heterocycles. The van der Waals surface area contributed by atoms with Crippen LogP contribution < -0.4 is 14.8 Å². The number of esters is 1. The number of rotatable bonds is 8. The fraction of sp³-hybridized carbons (Fsp3) is 0.318. The van der Waals surface area contributed by atoms with Crippen molar-refractivity contribution >= 4 is 18.0 Å². The van der Waals surface area contributed by atoms with Crippen LogP contribution in [-0.4, -0.2) is 56.8 Å². The van der Waals surface area contributed by atoms with E-state index in [2.05, 4.69) is 5.32 Å². The summed E-state index contributed by atoms with van der Waals surface area (Å²) >= 11 is 0. The minimum atomic E-state index is -0.790. The highest BCUT2D eigenvalue weighted by molar-refractivity contribution is 5.90. The van der Waals surface area contributed by atoms with Crippen molar-refractivity contribution in [1.82, 2.24) is 10.2 Å². The molecule has 0 radical (unpaired) electrons. The third-order valence-corrected chi connectivity index (χ3v) is 4.86. The van der Waals surface area contributed by atoms with Crippen LogP contribution in [0.1, 0.15) is 21.5 Å². The smallest absolute Gasteiger partial charge is 0.410 e. The second-order valence-corrected chi connectivity index (χ2v) is 6.85. The van der Waals surface area contributed by atoms with E-state index in [1.54, 1.807) is 56.7 Å². The van der Waals surface area contributed by atoms with Gasteiger partial charge in [-0.3, -0.25) is 9.69 Å². The Balaban J connectivity index is 1.68. The molecule has 1 atom stereocenters. The summed E-state index contributed by atoms with van der Waals surface area (Å²) in [6, 6.07) is 11.2. The van der Waals surface area contributed by atoms with E-state index in [0.717, 1.165) is 5.56 Å². The number of hydrogen-bond acceptors (Lipinski definition) is 7. The van der Waals surface area contributed by atoms with Crippen LogP contribution in [-0.2, 0) is 27.4 Å². The molecular weight excluding hydrogens is 404 g/mol. The minimum Gasteiger partial charge on any atom is -0.497 e. The van der Waals surface area contributed by atoms with Crippen molar-refractivity contribution in [2.75, 3.05) is 27.9 Å². The Morgan fingerprint density at radius 2 is 1.77 bits per heavy atom. The number of benzene rings is 2. The van der Waals surface area contributed by atoms with Gasteiger partial charge in [-0.05, 0) is 35.4 Å². The molecule has 1 aliphatic rings. The van der Waals surface area contributed by atoms with Crippen LogP contribution >= 0.6 is 0 Å². The predicted octanol–water partition coefficient (Wildman–Crippen LogP) is 2.13. The molecule has 0 bridgehead atoms. The molecule has 0 unspecified atom stereocenters. The molecule has 1 aliphatic heterocycles. The predicted molar refractivity (Wildman–Crippen MR) is 110 cm³/mol. The van der Waals surface area contributed by atoms with E-state index in [1.165, 1.54) is 12.0 Å². The fourth-order valence-corrected chi connectivity index (χ4v) is 3.23. The molecule has 0 aliphatic carbocycles. The molecule has 164 valence electrons. The maximum Gasteiger partial charge on any atom is 0.410 e. The highest BCUT2D eigenvalue weighted by Crippen LogP contribution is 2.23. The van der Waals surface area contributed by atoms with Gasteiger partial charge in [0, 0.05) is 12.6 Å². The largest absolute Gasteiger partial charge is 0.497 e. The van der Waals surface area contributed by atoms with Gasteiger partial charge < -0.3 is 24.3 Å². The van der Waals surface area contributed by atoms with Gasteiger partial charge in [0.1, 0.15) is 24.1 Å². The summed E-state index contributed by atoms with van der Waals surface area (Å²) in [7, 11) is 4.39. The van der Waals surface area contributed by atoms with E-state index in [4.69, 9.17) is 18.9 Å². The lowest BCUT2D eigenvalue weighted by Gasteiger charge is -2.21. The van der Waals surface area contributed by atoms with Gasteiger partial charge in [0.2, 0.25) is 5.91 Å². The molecule has 2 aromatic carbocycles. The lowest BCUT2D eigenvalue weighted by molar-refractivity contribution is -0.125. The SMILES string of the molecule is COC(=O)c1cccc(CN2C(=O)OC[C@H]2C(=O)NCc2cc(OC)cc(OC)c2)c1. The molecule has 9 nitrogen and oxygen atoms in total. The summed E-state index contributed by atoms with van der Waals surface area (Å²) in [5, 5.41) is 2.82. The number of ether oxygens (including phenoxy) is 4. The van der Waals surface area contributed by atoms with Crippen molar-refractivity contribution < 1.29 is 33.3 Å². The van der Waals surface area contributed by atoms with Gasteiger partial charge in [0.05, 0.1) is 33.4 Å². The van der Waals surface area contributed by atoms with Crippen LogP contribution in [0.5, 0.6) is 11.5 Å². The van der Waals surface area contributed by atoms with E-state index in [-0.39, 0.29) is 25.6 Å². The number of methoxy groups -OCH3 is 3. The number of nitrogens with zero attached hydrogens (tertiary/aromatic N) is 1. The Labute approximate surface area is 179 Å². The van der Waals surface area contributed by atoms with E-state index in [0.29, 0.717) is 22.6 Å². The van der Waals surface area contributed by atoms with Crippen molar-refractivity contribution in [2.45, 2.75) is 19.1 Å². The van der Waals surface area contributed by atoms with Gasteiger partial charge in [-0.1, -0.05) is 12.1 Å². The lowest BCUT2D eigenvalue weighted by atomic mass is 10.1. The van der Waals surface area contributed by atoms with Gasteiger partial charge in [-0.25, -0.2) is 9.59 Å². The monoisotopic (exact) mass is 428 g/mol. The maximum absolute atomic E-state index is 12.8. The topological polar surface area (TPSA) is 103 Å². The van der Waals surface area contributed by atoms with Crippen molar-refractivity contribution in [2.24, 2.45) is 0 Å². The molecule has 1 fully saturated rings. The summed E-state index contributed by atoms with van der Waals surface area (Å²) in [6.45, 7) is 0.292. The highest BCUT2D eigenvalue weighted by atomic mass is 16.6. The van der Waals surface area contributed by atoms with Crippen LogP contribution in [0.2, 0.25) is 0 Å². The zero-order valence-corrected chi connectivity index (χ0v) is 17.5. The molecule has 2 amide bonds. The Morgan fingerprint density at radius 3 is 2.42 bits per heavy atom. The first-order chi connectivity index (χ1) is 14.9. The Hall–Kier alpha value is -3.75. The number of carbonyl (C=O) groups excluding carboxylic acids is 3. The summed E-state index contributed by atoms with van der Waals surface area (Å²) in [6.07, 6.45) is -0.591. The molecule has 1 N–H and O–H groups in total. The van der Waals surface area contributed by atoms with Crippen LogP contribution in [0, 0.1) is 0 Å². The van der Waals surface area contributed by atoms with E-state index in [1.807, 2.05) is 0 Å². The second-order valence-electron chi connectivity index (χ2n) is 6.85. The first-order valence-electron chi connectivity index (χ1n) is 9.55. The van der Waals surface area contributed by atoms with Gasteiger partial charge in [0.25, 0.3) is 0 Å². The van der Waals surface area contributed by atoms with Crippen molar-refractivity contribution in [3.05, 3.63) is 59.2 Å². The van der Waals surface area contributed by atoms with E-state index < -0.39 is 18.1 Å². The van der Waals surface area contributed by atoms with Crippen molar-refractivity contribution in [1.29, 1.82) is 0 Å². The standard InChI is InChI=1S/C22H24N2O7/c1-28-17-8-15(9-18(10-17)29-2)11-23-20(25)19-13-31-22(27)24(19)12-14-5-4-6-16(7-14)21(26)30-3/h4-10,19H,11-13H2,1-3H3,(H,23,25)/t19-/m0/s1. The van der Waals surface area contributed by atoms with Gasteiger partial charge >= 0.3 is 12.1 Å². The summed E-state index contributed by atoms with van der Waals surface area (Å²) in [5.74, 6) is 0.385. The molecule has 0 saturated carbocycles. The molecule has 31 heavy (non-hydrogen) atoms. The molecule has 0 spiro atoms.